The van der Waals surface area contributed by atoms with Crippen LogP contribution in [-0.2, 0) is 20.7 Å². The third-order valence-corrected chi connectivity index (χ3v) is 14.8. The van der Waals surface area contributed by atoms with Crippen LogP contribution in [0.1, 0.15) is 54.1 Å². The minimum absolute atomic E-state index is 0.334. The van der Waals surface area contributed by atoms with E-state index in [0.29, 0.717) is 34.1 Å². The molecule has 2 atom stereocenters. The molecular weight excluding hydrogens is 959 g/mol. The SMILES string of the molecule is COc1ccc(Nc2ccc3c(c2)Oc2c(ccc4ccccc24)C32OC(=O)c3ccccc32)cc1.O=C1OC2(c3ccc(Nc4ccc(Nc5ccccc5)cc4)cc3Oc3c2ccc2ccccc32)c2ccccc21. The number of carbonyl (C=O) groups is 2. The minimum atomic E-state index is -1.09. The largest absolute Gasteiger partial charge is 0.497 e. The fourth-order valence-electron chi connectivity index (χ4n) is 11.3. The molecule has 2 spiro atoms. The van der Waals surface area contributed by atoms with Gasteiger partial charge in [-0.15, -0.1) is 0 Å². The Hall–Kier alpha value is -10.3. The third-order valence-electron chi connectivity index (χ3n) is 14.8. The first-order chi connectivity index (χ1) is 37.9. The third kappa shape index (κ3) is 7.40. The number of nitrogens with one attached hydrogen (secondary N) is 3. The maximum absolute atomic E-state index is 13.2. The topological polar surface area (TPSA) is 116 Å². The molecule has 0 bridgehead atoms. The van der Waals surface area contributed by atoms with Crippen LogP contribution in [0, 0.1) is 0 Å². The van der Waals surface area contributed by atoms with Crippen molar-refractivity contribution in [2.75, 3.05) is 23.1 Å². The van der Waals surface area contributed by atoms with Gasteiger partial charge in [0.1, 0.15) is 28.7 Å². The van der Waals surface area contributed by atoms with Crippen LogP contribution in [0.3, 0.4) is 0 Å². The van der Waals surface area contributed by atoms with Crippen molar-refractivity contribution >= 4 is 67.6 Å². The monoisotopic (exact) mass is 1000 g/mol. The number of ether oxygens (including phenoxy) is 5. The summed E-state index contributed by atoms with van der Waals surface area (Å²) in [6, 6.07) is 77.4. The van der Waals surface area contributed by atoms with Crippen molar-refractivity contribution in [2.45, 2.75) is 11.2 Å². The van der Waals surface area contributed by atoms with Gasteiger partial charge in [-0.25, -0.2) is 9.59 Å². The molecule has 3 N–H and O–H groups in total. The highest BCUT2D eigenvalue weighted by Gasteiger charge is 2.55. The molecule has 10 heteroatoms. The highest BCUT2D eigenvalue weighted by Crippen LogP contribution is 2.59. The van der Waals surface area contributed by atoms with Gasteiger partial charge in [-0.1, -0.05) is 115 Å². The van der Waals surface area contributed by atoms with E-state index in [4.69, 9.17) is 23.7 Å². The Balaban J connectivity index is 0.000000141. The molecule has 4 aliphatic rings. The normalized spacial score (nSPS) is 16.7. The van der Waals surface area contributed by atoms with Crippen LogP contribution in [0.25, 0.3) is 21.5 Å². The number of anilines is 6. The molecule has 11 aromatic rings. The van der Waals surface area contributed by atoms with E-state index in [0.717, 1.165) is 94.8 Å². The molecule has 0 radical (unpaired) electrons. The Morgan fingerprint density at radius 1 is 0.351 bits per heavy atom. The first kappa shape index (κ1) is 45.3. The van der Waals surface area contributed by atoms with Crippen molar-refractivity contribution in [3.05, 3.63) is 281 Å². The van der Waals surface area contributed by atoms with E-state index in [1.807, 2.05) is 212 Å². The zero-order chi connectivity index (χ0) is 51.7. The molecule has 4 aliphatic heterocycles. The van der Waals surface area contributed by atoms with Gasteiger partial charge in [-0.05, 0) is 120 Å². The molecule has 77 heavy (non-hydrogen) atoms. The van der Waals surface area contributed by atoms with E-state index in [2.05, 4.69) is 40.2 Å². The van der Waals surface area contributed by atoms with Gasteiger partial charge in [0.25, 0.3) is 0 Å². The lowest BCUT2D eigenvalue weighted by atomic mass is 9.77. The summed E-state index contributed by atoms with van der Waals surface area (Å²) < 4.78 is 31.1. The van der Waals surface area contributed by atoms with E-state index in [1.165, 1.54) is 0 Å². The Morgan fingerprint density at radius 2 is 0.727 bits per heavy atom. The van der Waals surface area contributed by atoms with Crippen LogP contribution >= 0.6 is 0 Å². The average molecular weight is 1000 g/mol. The lowest BCUT2D eigenvalue weighted by molar-refractivity contribution is 0.0215. The maximum atomic E-state index is 13.2. The lowest BCUT2D eigenvalue weighted by Gasteiger charge is -2.37. The van der Waals surface area contributed by atoms with Gasteiger partial charge in [-0.3, -0.25) is 0 Å². The molecule has 2 unspecified atom stereocenters. The molecule has 0 aromatic heterocycles. The highest BCUT2D eigenvalue weighted by molar-refractivity contribution is 6.00. The van der Waals surface area contributed by atoms with Gasteiger partial charge in [0.05, 0.1) is 18.2 Å². The number of rotatable bonds is 7. The second-order valence-electron chi connectivity index (χ2n) is 19.2. The fourth-order valence-corrected chi connectivity index (χ4v) is 11.3. The van der Waals surface area contributed by atoms with Crippen molar-refractivity contribution in [1.82, 2.24) is 0 Å². The molecular formula is C67H45N3O7. The number of carbonyl (C=O) groups excluding carboxylic acids is 2. The molecule has 370 valence electrons. The predicted molar refractivity (Wildman–Crippen MR) is 300 cm³/mol. The summed E-state index contributed by atoms with van der Waals surface area (Å²) >= 11 is 0. The zero-order valence-corrected chi connectivity index (χ0v) is 41.4. The van der Waals surface area contributed by atoms with Gasteiger partial charge in [-0.2, -0.15) is 0 Å². The number of fused-ring (bicyclic) bond motifs is 16. The molecule has 10 nitrogen and oxygen atoms in total. The van der Waals surface area contributed by atoms with Crippen LogP contribution in [-0.4, -0.2) is 19.0 Å². The lowest BCUT2D eigenvalue weighted by Crippen LogP contribution is -2.33. The molecule has 0 saturated carbocycles. The van der Waals surface area contributed by atoms with E-state index in [1.54, 1.807) is 7.11 Å². The van der Waals surface area contributed by atoms with Crippen LogP contribution in [0.5, 0.6) is 28.7 Å². The van der Waals surface area contributed by atoms with Gasteiger partial charge in [0, 0.05) is 90.4 Å². The number of hydrogen-bond donors (Lipinski definition) is 3. The van der Waals surface area contributed by atoms with Crippen molar-refractivity contribution in [3.8, 4) is 28.7 Å². The van der Waals surface area contributed by atoms with E-state index < -0.39 is 11.2 Å². The van der Waals surface area contributed by atoms with E-state index in [9.17, 15) is 9.59 Å². The summed E-state index contributed by atoms with van der Waals surface area (Å²) in [4.78, 5) is 26.3. The second-order valence-corrected chi connectivity index (χ2v) is 19.2. The number of esters is 2. The Labute approximate surface area is 443 Å². The van der Waals surface area contributed by atoms with Gasteiger partial charge >= 0.3 is 11.9 Å². The molecule has 0 fully saturated rings. The molecule has 0 saturated heterocycles. The first-order valence-electron chi connectivity index (χ1n) is 25.3. The Morgan fingerprint density at radius 3 is 1.21 bits per heavy atom. The van der Waals surface area contributed by atoms with Crippen LogP contribution in [0.15, 0.2) is 237 Å². The van der Waals surface area contributed by atoms with Gasteiger partial charge in [0.15, 0.2) is 11.2 Å². The Bertz CT molecular complexity index is 4180. The molecule has 0 aliphatic carbocycles. The summed E-state index contributed by atoms with van der Waals surface area (Å²) in [5.41, 5.74) is 9.49. The van der Waals surface area contributed by atoms with Gasteiger partial charge < -0.3 is 39.6 Å². The first-order valence-corrected chi connectivity index (χ1v) is 25.3. The van der Waals surface area contributed by atoms with Crippen molar-refractivity contribution in [1.29, 1.82) is 0 Å². The molecule has 11 aromatic carbocycles. The number of para-hydroxylation sites is 1. The number of methoxy groups -OCH3 is 1. The number of hydrogen-bond acceptors (Lipinski definition) is 10. The summed E-state index contributed by atoms with van der Waals surface area (Å²) in [6.07, 6.45) is 0. The smallest absolute Gasteiger partial charge is 0.340 e. The second kappa shape index (κ2) is 18.0. The Kier molecular flexibility index (Phi) is 10.6. The van der Waals surface area contributed by atoms with Crippen molar-refractivity contribution in [2.24, 2.45) is 0 Å². The molecule has 0 amide bonds. The van der Waals surface area contributed by atoms with E-state index >= 15 is 0 Å². The van der Waals surface area contributed by atoms with Gasteiger partial charge in [0.2, 0.25) is 0 Å². The van der Waals surface area contributed by atoms with E-state index in [-0.39, 0.29) is 11.9 Å². The van der Waals surface area contributed by atoms with Crippen molar-refractivity contribution in [3.63, 3.8) is 0 Å². The molecule has 4 heterocycles. The van der Waals surface area contributed by atoms with Crippen LogP contribution in [0.4, 0.5) is 34.1 Å². The fraction of sp³-hybridized carbons (Fsp3) is 0.0448. The quantitative estimate of drug-likeness (QED) is 0.133. The minimum Gasteiger partial charge on any atom is -0.497 e. The van der Waals surface area contributed by atoms with Crippen molar-refractivity contribution < 1.29 is 33.3 Å². The highest BCUT2D eigenvalue weighted by atomic mass is 16.6. The summed E-state index contributed by atoms with van der Waals surface area (Å²) in [7, 11) is 1.65. The summed E-state index contributed by atoms with van der Waals surface area (Å²) in [6.45, 7) is 0. The average Bonchev–Trinajstić information content (AvgIpc) is 4.03. The zero-order valence-electron chi connectivity index (χ0n) is 41.4. The molecule has 15 rings (SSSR count). The predicted octanol–water partition coefficient (Wildman–Crippen LogP) is 16.1. The summed E-state index contributed by atoms with van der Waals surface area (Å²) in [5.74, 6) is 2.81. The maximum Gasteiger partial charge on any atom is 0.340 e. The van der Waals surface area contributed by atoms with Crippen LogP contribution < -0.4 is 30.2 Å². The van der Waals surface area contributed by atoms with Crippen LogP contribution in [0.2, 0.25) is 0 Å². The standard InChI is InChI=1S/C36H24N2O3.C31H21NO4/c39-35-29-12-6-7-13-30(29)36(41-35)31-21-19-27(38-26-17-15-25(16-18-26)37-24-9-2-1-3-10-24)22-33(31)40-34-28-11-5-4-8-23(28)14-20-32(34)36;1-34-22-14-11-20(12-15-22)32-21-13-17-26-28(18-21)35-29-23-7-3-2-6-19(23)10-16-27(29)31(26)25-9-5-4-8-24(25)30(33)36-31/h1-22,37-38H;2-18,32H,1H3. The number of benzene rings is 11. The summed E-state index contributed by atoms with van der Waals surface area (Å²) in [5, 5.41) is 14.4.